The molecule has 2 rings (SSSR count). The van der Waals surface area contributed by atoms with Crippen molar-refractivity contribution in [2.75, 3.05) is 26.2 Å². The van der Waals surface area contributed by atoms with Gasteiger partial charge in [0.25, 0.3) is 0 Å². The molecule has 1 N–H and O–H groups in total. The Balaban J connectivity index is 1.80. The molecule has 1 amide bonds. The minimum absolute atomic E-state index is 0.0584. The molecule has 0 bridgehead atoms. The molecule has 0 spiro atoms. The van der Waals surface area contributed by atoms with Crippen molar-refractivity contribution in [2.24, 2.45) is 0 Å². The average molecular weight is 294 g/mol. The molecule has 0 aromatic heterocycles. The number of carbonyl (C=O) groups is 1. The van der Waals surface area contributed by atoms with Gasteiger partial charge in [0.05, 0.1) is 0 Å². The van der Waals surface area contributed by atoms with Gasteiger partial charge in [0.15, 0.2) is 0 Å². The van der Waals surface area contributed by atoms with Gasteiger partial charge in [-0.2, -0.15) is 0 Å². The Labute approximate surface area is 128 Å². The Morgan fingerprint density at radius 1 is 1.00 bits per heavy atom. The number of ether oxygens (including phenoxy) is 1. The van der Waals surface area contributed by atoms with Gasteiger partial charge >= 0.3 is 6.09 Å². The number of nitrogens with one attached hydrogen (secondary N) is 1. The van der Waals surface area contributed by atoms with E-state index >= 15 is 0 Å². The van der Waals surface area contributed by atoms with Crippen LogP contribution in [-0.2, 0) is 4.74 Å². The molecular weight excluding hydrogens is 264 g/mol. The molecule has 0 saturated carbocycles. The Hall–Kier alpha value is -1.03. The fraction of sp³-hybridized carbons (Fsp3) is 0.824. The van der Waals surface area contributed by atoms with Gasteiger partial charge in [-0.25, -0.2) is 4.79 Å². The summed E-state index contributed by atoms with van der Waals surface area (Å²) in [6, 6.07) is 0. The number of piperazine rings is 1. The maximum Gasteiger partial charge on any atom is 0.410 e. The van der Waals surface area contributed by atoms with Gasteiger partial charge in [-0.05, 0) is 25.7 Å². The van der Waals surface area contributed by atoms with Crippen molar-refractivity contribution in [2.45, 2.75) is 63.9 Å². The summed E-state index contributed by atoms with van der Waals surface area (Å²) in [5.74, 6) is 0. The first-order chi connectivity index (χ1) is 10.4. The molecule has 120 valence electrons. The van der Waals surface area contributed by atoms with E-state index in [1.54, 1.807) is 0 Å². The molecule has 1 aliphatic carbocycles. The number of rotatable bonds is 1. The lowest BCUT2D eigenvalue weighted by Gasteiger charge is -2.28. The number of nitrogens with zero attached hydrogens (tertiary/aromatic N) is 1. The number of allylic oxidation sites excluding steroid dienone is 1. The van der Waals surface area contributed by atoms with Crippen molar-refractivity contribution in [1.29, 1.82) is 0 Å². The first-order valence-electron chi connectivity index (χ1n) is 8.67. The van der Waals surface area contributed by atoms with E-state index in [1.807, 2.05) is 4.90 Å². The van der Waals surface area contributed by atoms with E-state index in [9.17, 15) is 4.79 Å². The van der Waals surface area contributed by atoms with Gasteiger partial charge in [0.1, 0.15) is 6.10 Å². The molecule has 4 nitrogen and oxygen atoms in total. The highest BCUT2D eigenvalue weighted by atomic mass is 16.6. The Kier molecular flexibility index (Phi) is 7.65. The second-order valence-electron chi connectivity index (χ2n) is 6.15. The predicted octanol–water partition coefficient (Wildman–Crippen LogP) is 3.48. The quantitative estimate of drug-likeness (QED) is 0.753. The predicted molar refractivity (Wildman–Crippen MR) is 85.4 cm³/mol. The second kappa shape index (κ2) is 9.82. The van der Waals surface area contributed by atoms with Crippen LogP contribution in [0.5, 0.6) is 0 Å². The van der Waals surface area contributed by atoms with E-state index in [0.29, 0.717) is 0 Å². The van der Waals surface area contributed by atoms with E-state index in [2.05, 4.69) is 17.5 Å². The molecule has 1 atom stereocenters. The summed E-state index contributed by atoms with van der Waals surface area (Å²) >= 11 is 0. The van der Waals surface area contributed by atoms with Crippen LogP contribution in [0, 0.1) is 0 Å². The van der Waals surface area contributed by atoms with Gasteiger partial charge in [-0.1, -0.05) is 37.8 Å². The van der Waals surface area contributed by atoms with E-state index < -0.39 is 0 Å². The molecule has 1 aliphatic heterocycles. The van der Waals surface area contributed by atoms with Crippen LogP contribution in [0.2, 0.25) is 0 Å². The first-order valence-corrected chi connectivity index (χ1v) is 8.67. The molecule has 1 unspecified atom stereocenters. The molecule has 0 aromatic carbocycles. The van der Waals surface area contributed by atoms with E-state index in [4.69, 9.17) is 4.74 Å². The van der Waals surface area contributed by atoms with Gasteiger partial charge in [-0.3, -0.25) is 0 Å². The van der Waals surface area contributed by atoms with Crippen LogP contribution < -0.4 is 5.32 Å². The zero-order chi connectivity index (χ0) is 14.8. The molecule has 2 aliphatic rings. The van der Waals surface area contributed by atoms with Crippen molar-refractivity contribution in [3.63, 3.8) is 0 Å². The van der Waals surface area contributed by atoms with E-state index in [-0.39, 0.29) is 12.2 Å². The van der Waals surface area contributed by atoms with Crippen molar-refractivity contribution in [1.82, 2.24) is 10.2 Å². The minimum Gasteiger partial charge on any atom is -0.446 e. The molecule has 0 aromatic rings. The van der Waals surface area contributed by atoms with E-state index in [1.165, 1.54) is 44.9 Å². The molecular formula is C17H30N2O2. The van der Waals surface area contributed by atoms with Gasteiger partial charge in [-0.15, -0.1) is 0 Å². The van der Waals surface area contributed by atoms with Gasteiger partial charge < -0.3 is 15.0 Å². The Morgan fingerprint density at radius 2 is 1.71 bits per heavy atom. The zero-order valence-corrected chi connectivity index (χ0v) is 13.2. The van der Waals surface area contributed by atoms with Crippen LogP contribution in [0.1, 0.15) is 57.8 Å². The highest BCUT2D eigenvalue weighted by molar-refractivity contribution is 5.68. The van der Waals surface area contributed by atoms with Crippen molar-refractivity contribution in [3.8, 4) is 0 Å². The number of amides is 1. The Morgan fingerprint density at radius 3 is 2.52 bits per heavy atom. The largest absolute Gasteiger partial charge is 0.446 e. The average Bonchev–Trinajstić information content (AvgIpc) is 2.51. The highest BCUT2D eigenvalue weighted by Crippen LogP contribution is 2.16. The topological polar surface area (TPSA) is 41.6 Å². The second-order valence-corrected chi connectivity index (χ2v) is 6.15. The fourth-order valence-electron chi connectivity index (χ4n) is 3.00. The SMILES string of the molecule is O=C(OC1CC=CCCCCCCCC1)N1CCNCC1. The van der Waals surface area contributed by atoms with Crippen molar-refractivity contribution >= 4 is 6.09 Å². The standard InChI is InChI=1S/C17H30N2O2/c20-17(19-14-12-18-13-15-19)21-16-10-8-6-4-2-1-3-5-7-9-11-16/h6,8,16,18H,1-5,7,9-15H2. The smallest absolute Gasteiger partial charge is 0.410 e. The summed E-state index contributed by atoms with van der Waals surface area (Å²) in [7, 11) is 0. The fourth-order valence-corrected chi connectivity index (χ4v) is 3.00. The maximum atomic E-state index is 12.2. The van der Waals surface area contributed by atoms with Crippen LogP contribution in [0.15, 0.2) is 12.2 Å². The third-order valence-electron chi connectivity index (χ3n) is 4.36. The first kappa shape index (κ1) is 16.3. The normalized spacial score (nSPS) is 25.7. The monoisotopic (exact) mass is 294 g/mol. The van der Waals surface area contributed by atoms with Crippen LogP contribution in [-0.4, -0.2) is 43.3 Å². The molecule has 1 fully saturated rings. The molecule has 1 heterocycles. The third-order valence-corrected chi connectivity index (χ3v) is 4.36. The zero-order valence-electron chi connectivity index (χ0n) is 13.2. The van der Waals surface area contributed by atoms with Crippen molar-refractivity contribution < 1.29 is 9.53 Å². The molecule has 0 radical (unpaired) electrons. The summed E-state index contributed by atoms with van der Waals surface area (Å²) in [6.07, 6.45) is 15.2. The van der Waals surface area contributed by atoms with Crippen molar-refractivity contribution in [3.05, 3.63) is 12.2 Å². The summed E-state index contributed by atoms with van der Waals surface area (Å²) in [4.78, 5) is 14.0. The molecule has 21 heavy (non-hydrogen) atoms. The summed E-state index contributed by atoms with van der Waals surface area (Å²) in [6.45, 7) is 3.28. The van der Waals surface area contributed by atoms with Crippen LogP contribution >= 0.6 is 0 Å². The molecule has 1 saturated heterocycles. The lowest BCUT2D eigenvalue weighted by Crippen LogP contribution is -2.47. The lowest BCUT2D eigenvalue weighted by molar-refractivity contribution is 0.0557. The minimum atomic E-state index is -0.123. The maximum absolute atomic E-state index is 12.2. The van der Waals surface area contributed by atoms with E-state index in [0.717, 1.165) is 39.0 Å². The number of hydrogen-bond donors (Lipinski definition) is 1. The molecule has 4 heteroatoms. The van der Waals surface area contributed by atoms with Gasteiger partial charge in [0, 0.05) is 32.6 Å². The summed E-state index contributed by atoms with van der Waals surface area (Å²) < 4.78 is 5.74. The third kappa shape index (κ3) is 6.51. The van der Waals surface area contributed by atoms with Gasteiger partial charge in [0.2, 0.25) is 0 Å². The van der Waals surface area contributed by atoms with Crippen LogP contribution in [0.3, 0.4) is 0 Å². The lowest BCUT2D eigenvalue weighted by atomic mass is 10.0. The number of hydrogen-bond acceptors (Lipinski definition) is 3. The van der Waals surface area contributed by atoms with Crippen LogP contribution in [0.4, 0.5) is 4.79 Å². The Bertz CT molecular complexity index is 325. The summed E-state index contributed by atoms with van der Waals surface area (Å²) in [5, 5.41) is 3.26. The number of carbonyl (C=O) groups excluding carboxylic acids is 1. The summed E-state index contributed by atoms with van der Waals surface area (Å²) in [5.41, 5.74) is 0. The van der Waals surface area contributed by atoms with Crippen LogP contribution in [0.25, 0.3) is 0 Å². The highest BCUT2D eigenvalue weighted by Gasteiger charge is 2.21.